The van der Waals surface area contributed by atoms with E-state index in [1.165, 1.54) is 12.1 Å². The van der Waals surface area contributed by atoms with Gasteiger partial charge >= 0.3 is 12.1 Å². The van der Waals surface area contributed by atoms with Crippen LogP contribution in [0.2, 0.25) is 0 Å². The van der Waals surface area contributed by atoms with Crippen molar-refractivity contribution in [3.8, 4) is 11.1 Å². The molecule has 0 aliphatic heterocycles. The van der Waals surface area contributed by atoms with Gasteiger partial charge in [-0.25, -0.2) is 13.2 Å². The van der Waals surface area contributed by atoms with Crippen LogP contribution >= 0.6 is 11.8 Å². The number of alkyl halides is 3. The average molecular weight is 629 g/mol. The molecule has 43 heavy (non-hydrogen) atoms. The highest BCUT2D eigenvalue weighted by Gasteiger charge is 2.40. The minimum atomic E-state index is -5.29. The lowest BCUT2D eigenvalue weighted by Crippen LogP contribution is -2.15. The number of allylic oxidation sites excluding steroid dienone is 2. The molecule has 1 aliphatic carbocycles. The molecule has 0 saturated heterocycles. The fraction of sp³-hybridized carbons (Fsp3) is 0.559. The summed E-state index contributed by atoms with van der Waals surface area (Å²) in [5, 5.41) is 0. The topological polar surface area (TPSA) is 26.3 Å². The molecule has 9 heteroatoms. The van der Waals surface area contributed by atoms with Gasteiger partial charge in [0.2, 0.25) is 0 Å². The van der Waals surface area contributed by atoms with Gasteiger partial charge in [-0.2, -0.15) is 13.2 Å². The van der Waals surface area contributed by atoms with Crippen LogP contribution in [0.1, 0.15) is 103 Å². The lowest BCUT2D eigenvalue weighted by atomic mass is 9.83. The van der Waals surface area contributed by atoms with Crippen molar-refractivity contribution in [1.82, 2.24) is 0 Å². The van der Waals surface area contributed by atoms with E-state index in [0.717, 1.165) is 69.8 Å². The summed E-state index contributed by atoms with van der Waals surface area (Å²) in [5.41, 5.74) is -0.946. The van der Waals surface area contributed by atoms with E-state index in [0.29, 0.717) is 29.3 Å². The molecule has 0 spiro atoms. The van der Waals surface area contributed by atoms with Gasteiger partial charge in [0.05, 0.1) is 17.9 Å². The molecule has 2 aromatic rings. The summed E-state index contributed by atoms with van der Waals surface area (Å²) in [6.07, 6.45) is 6.52. The maximum absolute atomic E-state index is 15.5. The third kappa shape index (κ3) is 9.79. The van der Waals surface area contributed by atoms with E-state index in [2.05, 4.69) is 19.9 Å². The van der Waals surface area contributed by atoms with Crippen molar-refractivity contribution in [3.63, 3.8) is 0 Å². The number of hydrogen-bond acceptors (Lipinski definition) is 3. The maximum atomic E-state index is 15.5. The van der Waals surface area contributed by atoms with Crippen LogP contribution in [-0.2, 0) is 15.7 Å². The normalized spacial score (nSPS) is 16.2. The molecule has 0 radical (unpaired) electrons. The van der Waals surface area contributed by atoms with Crippen LogP contribution in [0.5, 0.6) is 0 Å². The molecule has 1 aliphatic rings. The van der Waals surface area contributed by atoms with Crippen molar-refractivity contribution in [2.75, 3.05) is 12.4 Å². The van der Waals surface area contributed by atoms with E-state index in [9.17, 15) is 22.4 Å². The van der Waals surface area contributed by atoms with Gasteiger partial charge in [0, 0.05) is 16.9 Å². The predicted octanol–water partition coefficient (Wildman–Crippen LogP) is 11.4. The molecule has 0 amide bonds. The Hall–Kier alpha value is -2.42. The first-order valence-electron chi connectivity index (χ1n) is 15.4. The highest BCUT2D eigenvalue weighted by molar-refractivity contribution is 7.99. The first-order chi connectivity index (χ1) is 20.5. The molecule has 0 fully saturated rings. The van der Waals surface area contributed by atoms with Crippen LogP contribution in [0.4, 0.5) is 26.3 Å². The van der Waals surface area contributed by atoms with E-state index < -0.39 is 40.1 Å². The average Bonchev–Trinajstić information content (AvgIpc) is 2.96. The van der Waals surface area contributed by atoms with Crippen LogP contribution < -0.4 is 0 Å². The summed E-state index contributed by atoms with van der Waals surface area (Å²) in [5.74, 6) is -4.30. The summed E-state index contributed by atoms with van der Waals surface area (Å²) in [6, 6.07) is 4.80. The third-order valence-corrected chi connectivity index (χ3v) is 9.24. The number of thioether (sulfide) groups is 1. The summed E-state index contributed by atoms with van der Waals surface area (Å²) < 4.78 is 91.5. The molecule has 2 unspecified atom stereocenters. The smallest absolute Gasteiger partial charge is 0.422 e. The fourth-order valence-corrected chi connectivity index (χ4v) is 6.48. The van der Waals surface area contributed by atoms with Crippen molar-refractivity contribution in [2.24, 2.45) is 11.8 Å². The van der Waals surface area contributed by atoms with Crippen LogP contribution in [0.15, 0.2) is 35.2 Å². The Bertz CT molecular complexity index is 1260. The lowest BCUT2D eigenvalue weighted by molar-refractivity contribution is -0.145. The maximum Gasteiger partial charge on any atom is 0.422 e. The van der Waals surface area contributed by atoms with Gasteiger partial charge in [-0.3, -0.25) is 4.79 Å². The lowest BCUT2D eigenvalue weighted by Gasteiger charge is -2.22. The van der Waals surface area contributed by atoms with E-state index in [1.807, 2.05) is 6.92 Å². The second kappa shape index (κ2) is 16.6. The van der Waals surface area contributed by atoms with Gasteiger partial charge in [-0.05, 0) is 60.8 Å². The van der Waals surface area contributed by atoms with E-state index in [1.54, 1.807) is 6.07 Å². The zero-order chi connectivity index (χ0) is 31.6. The second-order valence-corrected chi connectivity index (χ2v) is 12.4. The Labute approximate surface area is 255 Å². The van der Waals surface area contributed by atoms with E-state index in [-0.39, 0.29) is 35.8 Å². The van der Waals surface area contributed by atoms with Gasteiger partial charge in [0.1, 0.15) is 17.2 Å². The van der Waals surface area contributed by atoms with Crippen molar-refractivity contribution in [2.45, 2.75) is 102 Å². The highest BCUT2D eigenvalue weighted by atomic mass is 32.2. The molecule has 3 rings (SSSR count). The zero-order valence-corrected chi connectivity index (χ0v) is 26.0. The molecule has 238 valence electrons. The first-order valence-corrected chi connectivity index (χ1v) is 16.3. The minimum absolute atomic E-state index is 0.122. The Balaban J connectivity index is 1.82. The first kappa shape index (κ1) is 35.1. The molecule has 2 aromatic carbocycles. The van der Waals surface area contributed by atoms with Crippen molar-refractivity contribution >= 4 is 23.3 Å². The molecular formula is C34H42F6O2S. The van der Waals surface area contributed by atoms with Crippen molar-refractivity contribution in [1.29, 1.82) is 0 Å². The Morgan fingerprint density at radius 2 is 1.77 bits per heavy atom. The number of halogens is 6. The number of rotatable bonds is 15. The quantitative estimate of drug-likeness (QED) is 0.112. The van der Waals surface area contributed by atoms with Gasteiger partial charge < -0.3 is 4.74 Å². The minimum Gasteiger partial charge on any atom is -0.465 e. The molecule has 0 aromatic heterocycles. The number of carbonyl (C=O) groups is 1. The monoisotopic (exact) mass is 628 g/mol. The number of benzene rings is 2. The Morgan fingerprint density at radius 3 is 2.37 bits per heavy atom. The molecule has 0 saturated carbocycles. The summed E-state index contributed by atoms with van der Waals surface area (Å²) in [6.45, 7) is 6.46. The highest BCUT2D eigenvalue weighted by Crippen LogP contribution is 2.44. The number of esters is 1. The summed E-state index contributed by atoms with van der Waals surface area (Å²) in [4.78, 5) is 11.8. The zero-order valence-electron chi connectivity index (χ0n) is 25.2. The third-order valence-electron chi connectivity index (χ3n) is 8.15. The van der Waals surface area contributed by atoms with Crippen molar-refractivity contribution in [3.05, 3.63) is 58.9 Å². The van der Waals surface area contributed by atoms with E-state index in [4.69, 9.17) is 4.74 Å². The molecule has 2 nitrogen and oxygen atoms in total. The number of unbranched alkanes of at least 4 members (excludes halogenated alkanes) is 2. The fourth-order valence-electron chi connectivity index (χ4n) is 5.46. The van der Waals surface area contributed by atoms with Crippen LogP contribution in [0.3, 0.4) is 0 Å². The molecule has 0 bridgehead atoms. The number of carbonyl (C=O) groups excluding carboxylic acids is 1. The van der Waals surface area contributed by atoms with Gasteiger partial charge in [0.15, 0.2) is 5.82 Å². The Morgan fingerprint density at radius 1 is 1.02 bits per heavy atom. The second-order valence-electron chi connectivity index (χ2n) is 11.3. The van der Waals surface area contributed by atoms with Gasteiger partial charge in [0.25, 0.3) is 0 Å². The Kier molecular flexibility index (Phi) is 13.5. The number of ether oxygens (including phenoxy) is 1. The summed E-state index contributed by atoms with van der Waals surface area (Å²) in [7, 11) is 0. The van der Waals surface area contributed by atoms with Crippen molar-refractivity contribution < 1.29 is 35.9 Å². The molecule has 0 heterocycles. The largest absolute Gasteiger partial charge is 0.465 e. The van der Waals surface area contributed by atoms with Gasteiger partial charge in [-0.1, -0.05) is 77.5 Å². The predicted molar refractivity (Wildman–Crippen MR) is 161 cm³/mol. The standard InChI is InChI=1S/C34H42F6O2S/c1-4-7-9-22(6-3)21-42-30(41)17-18-43-33-27(20-29(36)31(32(33)37)34(38,39)40)26-16-15-25(19-28(26)35)24-13-11-23(12-14-24)10-8-5-2/h13,15-16,19-20,22-23H,4-12,14,17-18,21H2,1-3H3. The van der Waals surface area contributed by atoms with Crippen LogP contribution in [-0.4, -0.2) is 18.3 Å². The molecule has 0 N–H and O–H groups in total. The SMILES string of the molecule is CCCCC1CC=C(c2ccc(-c3cc(F)c(C(F)(F)F)c(F)c3SCCC(=O)OCC(CC)CCCC)c(F)c2)CC1. The number of hydrogen-bond donors (Lipinski definition) is 0. The van der Waals surface area contributed by atoms with E-state index >= 15 is 8.78 Å². The molecular weight excluding hydrogens is 586 g/mol. The van der Waals surface area contributed by atoms with Crippen LogP contribution in [0, 0.1) is 29.3 Å². The summed E-state index contributed by atoms with van der Waals surface area (Å²) >= 11 is 0.617. The van der Waals surface area contributed by atoms with Gasteiger partial charge in [-0.15, -0.1) is 11.8 Å². The van der Waals surface area contributed by atoms with Crippen LogP contribution in [0.25, 0.3) is 16.7 Å². The molecule has 2 atom stereocenters.